The van der Waals surface area contributed by atoms with Gasteiger partial charge in [0.2, 0.25) is 0 Å². The van der Waals surface area contributed by atoms with Crippen LogP contribution in [0.4, 0.5) is 4.79 Å². The number of alkyl carbamates (subject to hydrolysis) is 1. The van der Waals surface area contributed by atoms with Crippen LogP contribution in [-0.4, -0.2) is 11.2 Å². The summed E-state index contributed by atoms with van der Waals surface area (Å²) in [7, 11) is -4.04. The minimum Gasteiger partial charge on any atom is -0.445 e. The predicted molar refractivity (Wildman–Crippen MR) is 139 cm³/mol. The molecule has 0 aliphatic carbocycles. The van der Waals surface area contributed by atoms with Crippen molar-refractivity contribution in [3.8, 4) is 0 Å². The van der Waals surface area contributed by atoms with E-state index in [0.717, 1.165) is 11.1 Å². The molecular weight excluding hydrogens is 473 g/mol. The second-order valence-electron chi connectivity index (χ2n) is 8.21. The molecule has 0 spiro atoms. The van der Waals surface area contributed by atoms with E-state index in [0.29, 0.717) is 11.1 Å². The van der Waals surface area contributed by atoms with Gasteiger partial charge in [-0.2, -0.15) is 0 Å². The van der Waals surface area contributed by atoms with Gasteiger partial charge in [0.25, 0.3) is 7.37 Å². The fourth-order valence-corrected chi connectivity index (χ4v) is 6.15. The Labute approximate surface area is 211 Å². The Kier molecular flexibility index (Phi) is 8.69. The summed E-state index contributed by atoms with van der Waals surface area (Å²) in [6, 6.07) is 36.0. The molecule has 0 aliphatic heterocycles. The lowest BCUT2D eigenvalue weighted by Crippen LogP contribution is -2.31. The first-order chi connectivity index (χ1) is 17.6. The summed E-state index contributed by atoms with van der Waals surface area (Å²) in [6.07, 6.45) is -0.767. The Balaban J connectivity index is 1.66. The molecule has 0 saturated heterocycles. The number of aliphatic hydroxyl groups is 1. The lowest BCUT2D eigenvalue weighted by Gasteiger charge is -2.32. The molecule has 4 rings (SSSR count). The van der Waals surface area contributed by atoms with Crippen LogP contribution in [0, 0.1) is 0 Å². The van der Waals surface area contributed by atoms with Crippen LogP contribution >= 0.6 is 7.37 Å². The molecule has 3 atom stereocenters. The molecule has 4 aromatic carbocycles. The van der Waals surface area contributed by atoms with Crippen LogP contribution in [-0.2, 0) is 27.0 Å². The van der Waals surface area contributed by atoms with Crippen molar-refractivity contribution in [1.29, 1.82) is 0 Å². The molecule has 1 amide bonds. The molecule has 2 N–H and O–H groups in total. The fourth-order valence-electron chi connectivity index (χ4n) is 3.76. The van der Waals surface area contributed by atoms with Gasteiger partial charge in [0.05, 0.1) is 6.61 Å². The number of carbonyl (C=O) groups is 1. The number of hydrogen-bond acceptors (Lipinski definition) is 5. The summed E-state index contributed by atoms with van der Waals surface area (Å²) >= 11 is 0. The van der Waals surface area contributed by atoms with Crippen LogP contribution in [0.5, 0.6) is 0 Å². The van der Waals surface area contributed by atoms with Crippen molar-refractivity contribution in [3.63, 3.8) is 0 Å². The number of nitrogens with one attached hydrogen (secondary N) is 1. The Morgan fingerprint density at radius 1 is 0.694 bits per heavy atom. The quantitative estimate of drug-likeness (QED) is 0.234. The maximum absolute atomic E-state index is 14.7. The van der Waals surface area contributed by atoms with E-state index in [9.17, 15) is 14.5 Å². The molecule has 184 valence electrons. The Morgan fingerprint density at radius 3 is 1.67 bits per heavy atom. The van der Waals surface area contributed by atoms with Crippen molar-refractivity contribution in [1.82, 2.24) is 5.32 Å². The van der Waals surface area contributed by atoms with Gasteiger partial charge in [-0.3, -0.25) is 4.57 Å². The topological polar surface area (TPSA) is 84.9 Å². The standard InChI is InChI=1S/C29H28NO5P/c31-28(26-19-11-4-12-20-26)36(33,35-22-24-15-7-2-8-16-24)27(25-17-9-3-10-18-25)30-29(32)34-21-23-13-5-1-6-14-23/h1-20,27-28,31H,21-22H2,(H,30,32). The number of hydrogen-bond donors (Lipinski definition) is 2. The van der Waals surface area contributed by atoms with Crippen LogP contribution in [0.15, 0.2) is 121 Å². The van der Waals surface area contributed by atoms with Crippen LogP contribution in [0.2, 0.25) is 0 Å². The molecule has 0 radical (unpaired) electrons. The first kappa shape index (κ1) is 25.4. The average molecular weight is 502 g/mol. The highest BCUT2D eigenvalue weighted by atomic mass is 31.2. The van der Waals surface area contributed by atoms with Crippen molar-refractivity contribution in [3.05, 3.63) is 144 Å². The number of amides is 1. The van der Waals surface area contributed by atoms with Crippen molar-refractivity contribution in [2.45, 2.75) is 24.8 Å². The minimum atomic E-state index is -4.04. The zero-order valence-corrected chi connectivity index (χ0v) is 20.5. The van der Waals surface area contributed by atoms with Gasteiger partial charge < -0.3 is 19.7 Å². The first-order valence-electron chi connectivity index (χ1n) is 11.6. The van der Waals surface area contributed by atoms with Crippen molar-refractivity contribution in [2.24, 2.45) is 0 Å². The number of benzene rings is 4. The maximum Gasteiger partial charge on any atom is 0.408 e. The summed E-state index contributed by atoms with van der Waals surface area (Å²) in [5.41, 5.74) is 2.56. The smallest absolute Gasteiger partial charge is 0.408 e. The predicted octanol–water partition coefficient (Wildman–Crippen LogP) is 6.80. The molecule has 36 heavy (non-hydrogen) atoms. The zero-order chi connectivity index (χ0) is 25.2. The molecule has 3 unspecified atom stereocenters. The third kappa shape index (κ3) is 6.49. The Morgan fingerprint density at radius 2 is 1.14 bits per heavy atom. The fraction of sp³-hybridized carbons (Fsp3) is 0.138. The van der Waals surface area contributed by atoms with Gasteiger partial charge in [0.1, 0.15) is 12.4 Å². The van der Waals surface area contributed by atoms with Crippen molar-refractivity contribution < 1.29 is 23.7 Å². The van der Waals surface area contributed by atoms with Crippen LogP contribution in [0.3, 0.4) is 0 Å². The molecule has 7 heteroatoms. The molecule has 0 fully saturated rings. The van der Waals surface area contributed by atoms with Crippen molar-refractivity contribution >= 4 is 13.5 Å². The molecule has 0 aliphatic rings. The normalized spacial score (nSPS) is 14.2. The highest BCUT2D eigenvalue weighted by Gasteiger charge is 2.44. The second kappa shape index (κ2) is 12.3. The highest BCUT2D eigenvalue weighted by Crippen LogP contribution is 2.67. The van der Waals surface area contributed by atoms with E-state index in [4.69, 9.17) is 9.26 Å². The Hall–Kier alpha value is -3.70. The van der Waals surface area contributed by atoms with E-state index >= 15 is 0 Å². The molecule has 0 saturated carbocycles. The van der Waals surface area contributed by atoms with Gasteiger partial charge in [-0.05, 0) is 22.3 Å². The van der Waals surface area contributed by atoms with Gasteiger partial charge in [-0.25, -0.2) is 4.79 Å². The number of rotatable bonds is 10. The van der Waals surface area contributed by atoms with E-state index in [1.165, 1.54) is 0 Å². The number of carbonyl (C=O) groups excluding carboxylic acids is 1. The Bertz CT molecular complexity index is 1270. The summed E-state index contributed by atoms with van der Waals surface area (Å²) in [4.78, 5) is 12.9. The van der Waals surface area contributed by atoms with E-state index < -0.39 is 25.1 Å². The molecule has 0 bridgehead atoms. The van der Waals surface area contributed by atoms with E-state index in [2.05, 4.69) is 5.32 Å². The summed E-state index contributed by atoms with van der Waals surface area (Å²) in [6.45, 7) is 0.0384. The average Bonchev–Trinajstić information content (AvgIpc) is 2.95. The van der Waals surface area contributed by atoms with Gasteiger partial charge >= 0.3 is 6.09 Å². The monoisotopic (exact) mass is 501 g/mol. The van der Waals surface area contributed by atoms with Crippen LogP contribution < -0.4 is 5.32 Å². The molecule has 6 nitrogen and oxygen atoms in total. The third-order valence-corrected chi connectivity index (χ3v) is 8.32. The molecule has 4 aromatic rings. The van der Waals surface area contributed by atoms with Crippen molar-refractivity contribution in [2.75, 3.05) is 0 Å². The van der Waals surface area contributed by atoms with Crippen LogP contribution in [0.25, 0.3) is 0 Å². The van der Waals surface area contributed by atoms with E-state index in [1.807, 2.05) is 66.7 Å². The summed E-state index contributed by atoms with van der Waals surface area (Å²) in [5.74, 6) is -2.64. The van der Waals surface area contributed by atoms with E-state index in [-0.39, 0.29) is 13.2 Å². The lowest BCUT2D eigenvalue weighted by atomic mass is 10.2. The van der Waals surface area contributed by atoms with E-state index in [1.54, 1.807) is 54.6 Å². The van der Waals surface area contributed by atoms with Gasteiger partial charge in [-0.15, -0.1) is 0 Å². The first-order valence-corrected chi connectivity index (χ1v) is 13.4. The highest BCUT2D eigenvalue weighted by molar-refractivity contribution is 7.59. The summed E-state index contributed by atoms with van der Waals surface area (Å²) in [5, 5.41) is 14.1. The second-order valence-corrected chi connectivity index (χ2v) is 10.8. The molecular formula is C29H28NO5P. The number of ether oxygens (including phenoxy) is 1. The zero-order valence-electron chi connectivity index (χ0n) is 19.6. The minimum absolute atomic E-state index is 0.00785. The summed E-state index contributed by atoms with van der Waals surface area (Å²) < 4.78 is 26.1. The van der Waals surface area contributed by atoms with Crippen LogP contribution in [0.1, 0.15) is 33.9 Å². The SMILES string of the molecule is O=C(NC(c1ccccc1)P(=O)(OCc1ccccc1)C(O)c1ccccc1)OCc1ccccc1. The largest absolute Gasteiger partial charge is 0.445 e. The van der Waals surface area contributed by atoms with Gasteiger partial charge in [0.15, 0.2) is 5.85 Å². The number of aliphatic hydroxyl groups excluding tert-OH is 1. The third-order valence-electron chi connectivity index (χ3n) is 5.66. The van der Waals surface area contributed by atoms with Gasteiger partial charge in [0, 0.05) is 0 Å². The van der Waals surface area contributed by atoms with Gasteiger partial charge in [-0.1, -0.05) is 121 Å². The molecule has 0 aromatic heterocycles. The lowest BCUT2D eigenvalue weighted by molar-refractivity contribution is 0.136. The molecule has 0 heterocycles. The maximum atomic E-state index is 14.7.